The molecule has 1 amide bonds. The quantitative estimate of drug-likeness (QED) is 0.212. The number of nitrogens with zero attached hydrogens (tertiary/aromatic N) is 1. The zero-order valence-corrected chi connectivity index (χ0v) is 17.7. The van der Waals surface area contributed by atoms with Crippen LogP contribution in [0.15, 0.2) is 87.3 Å². The molecule has 0 saturated carbocycles. The van der Waals surface area contributed by atoms with E-state index in [4.69, 9.17) is 4.42 Å². The second-order valence-corrected chi connectivity index (χ2v) is 7.64. The van der Waals surface area contributed by atoms with Gasteiger partial charge in [0.15, 0.2) is 5.96 Å². The van der Waals surface area contributed by atoms with Gasteiger partial charge in [-0.05, 0) is 42.0 Å². The van der Waals surface area contributed by atoms with Gasteiger partial charge in [0.05, 0.1) is 12.8 Å². The molecule has 0 aliphatic rings. The number of benzene rings is 2. The Bertz CT molecular complexity index is 943. The largest absolute Gasteiger partial charge is 0.467 e. The highest BCUT2D eigenvalue weighted by atomic mass is 32.2. The van der Waals surface area contributed by atoms with Gasteiger partial charge < -0.3 is 20.4 Å². The monoisotopic (exact) mass is 422 g/mol. The number of carbonyl (C=O) groups is 1. The first kappa shape index (κ1) is 21.5. The molecule has 6 nitrogen and oxygen atoms in total. The highest BCUT2D eigenvalue weighted by Gasteiger charge is 2.07. The molecule has 0 aliphatic carbocycles. The number of hydrogen-bond acceptors (Lipinski definition) is 4. The van der Waals surface area contributed by atoms with Crippen molar-refractivity contribution in [1.29, 1.82) is 0 Å². The van der Waals surface area contributed by atoms with Crippen LogP contribution in [0.25, 0.3) is 0 Å². The van der Waals surface area contributed by atoms with Gasteiger partial charge in [-0.1, -0.05) is 30.3 Å². The molecule has 0 spiro atoms. The van der Waals surface area contributed by atoms with Crippen molar-refractivity contribution in [2.45, 2.75) is 18.0 Å². The molecule has 3 N–H and O–H groups in total. The molecule has 2 aromatic carbocycles. The Morgan fingerprint density at radius 2 is 1.83 bits per heavy atom. The van der Waals surface area contributed by atoms with Gasteiger partial charge in [-0.25, -0.2) is 0 Å². The number of aliphatic imine (C=N–C) groups is 1. The molecule has 1 heterocycles. The van der Waals surface area contributed by atoms with E-state index in [1.807, 2.05) is 42.5 Å². The highest BCUT2D eigenvalue weighted by Crippen LogP contribution is 2.15. The third-order valence-electron chi connectivity index (χ3n) is 4.28. The van der Waals surface area contributed by atoms with Crippen LogP contribution in [-0.2, 0) is 13.1 Å². The van der Waals surface area contributed by atoms with Crippen LogP contribution in [0.4, 0.5) is 0 Å². The Labute approximate surface area is 181 Å². The molecular formula is C23H26N4O2S. The lowest BCUT2D eigenvalue weighted by molar-refractivity contribution is 0.0948. The molecule has 0 unspecified atom stereocenters. The van der Waals surface area contributed by atoms with Crippen LogP contribution in [-0.4, -0.2) is 31.2 Å². The predicted molar refractivity (Wildman–Crippen MR) is 122 cm³/mol. The van der Waals surface area contributed by atoms with Crippen molar-refractivity contribution in [2.75, 3.05) is 19.3 Å². The van der Waals surface area contributed by atoms with Crippen LogP contribution in [0.1, 0.15) is 21.7 Å². The summed E-state index contributed by atoms with van der Waals surface area (Å²) in [6, 6.07) is 21.5. The average Bonchev–Trinajstić information content (AvgIpc) is 3.31. The van der Waals surface area contributed by atoms with Gasteiger partial charge in [0, 0.05) is 36.3 Å². The maximum absolute atomic E-state index is 12.4. The number of guanidine groups is 1. The summed E-state index contributed by atoms with van der Waals surface area (Å²) < 4.78 is 5.24. The van der Waals surface area contributed by atoms with Crippen LogP contribution in [0.3, 0.4) is 0 Å². The van der Waals surface area contributed by atoms with Crippen LogP contribution < -0.4 is 16.0 Å². The Morgan fingerprint density at radius 3 is 2.60 bits per heavy atom. The van der Waals surface area contributed by atoms with E-state index >= 15 is 0 Å². The minimum atomic E-state index is -0.131. The van der Waals surface area contributed by atoms with Crippen molar-refractivity contribution in [3.05, 3.63) is 89.9 Å². The molecule has 0 atom stereocenters. The van der Waals surface area contributed by atoms with Crippen LogP contribution in [0.5, 0.6) is 0 Å². The number of nitrogens with one attached hydrogen (secondary N) is 3. The van der Waals surface area contributed by atoms with Crippen molar-refractivity contribution < 1.29 is 9.21 Å². The topological polar surface area (TPSA) is 78.7 Å². The van der Waals surface area contributed by atoms with Crippen LogP contribution in [0, 0.1) is 0 Å². The molecule has 1 aromatic heterocycles. The number of hydrogen-bond donors (Lipinski definition) is 3. The average molecular weight is 423 g/mol. The number of carbonyl (C=O) groups excluding carboxylic acids is 1. The SMILES string of the molecule is CN=C(NCCSc1ccccc1)NCc1cccc(C(=O)NCc2ccco2)c1. The number of thioether (sulfide) groups is 1. The summed E-state index contributed by atoms with van der Waals surface area (Å²) in [5, 5.41) is 9.46. The molecular weight excluding hydrogens is 396 g/mol. The molecule has 7 heteroatoms. The second-order valence-electron chi connectivity index (χ2n) is 6.48. The number of rotatable bonds is 9. The zero-order chi connectivity index (χ0) is 21.0. The fourth-order valence-electron chi connectivity index (χ4n) is 2.77. The van der Waals surface area contributed by atoms with Crippen LogP contribution in [0.2, 0.25) is 0 Å². The van der Waals surface area contributed by atoms with E-state index in [0.29, 0.717) is 18.7 Å². The predicted octanol–water partition coefficient (Wildman–Crippen LogP) is 3.67. The van der Waals surface area contributed by atoms with Crippen molar-refractivity contribution in [1.82, 2.24) is 16.0 Å². The molecule has 0 fully saturated rings. The third-order valence-corrected chi connectivity index (χ3v) is 5.30. The van der Waals surface area contributed by atoms with Gasteiger partial charge in [0.1, 0.15) is 5.76 Å². The Kier molecular flexibility index (Phi) is 8.41. The zero-order valence-electron chi connectivity index (χ0n) is 16.9. The molecule has 3 aromatic rings. The van der Waals surface area contributed by atoms with E-state index in [1.54, 1.807) is 37.2 Å². The summed E-state index contributed by atoms with van der Waals surface area (Å²) >= 11 is 1.80. The normalized spacial score (nSPS) is 11.2. The molecule has 0 aliphatic heterocycles. The van der Waals surface area contributed by atoms with Crippen molar-refractivity contribution in [3.63, 3.8) is 0 Å². The van der Waals surface area contributed by atoms with Gasteiger partial charge in [-0.15, -0.1) is 11.8 Å². The van der Waals surface area contributed by atoms with E-state index in [9.17, 15) is 4.79 Å². The van der Waals surface area contributed by atoms with E-state index in [1.165, 1.54) is 4.90 Å². The number of furan rings is 1. The van der Waals surface area contributed by atoms with Gasteiger partial charge in [-0.2, -0.15) is 0 Å². The lowest BCUT2D eigenvalue weighted by Crippen LogP contribution is -2.38. The van der Waals surface area contributed by atoms with E-state index < -0.39 is 0 Å². The smallest absolute Gasteiger partial charge is 0.251 e. The fraction of sp³-hybridized carbons (Fsp3) is 0.217. The summed E-state index contributed by atoms with van der Waals surface area (Å²) in [6.45, 7) is 1.74. The van der Waals surface area contributed by atoms with Crippen molar-refractivity contribution >= 4 is 23.6 Å². The molecule has 3 rings (SSSR count). The van der Waals surface area contributed by atoms with Crippen molar-refractivity contribution in [3.8, 4) is 0 Å². The summed E-state index contributed by atoms with van der Waals surface area (Å²) in [5.74, 6) is 2.27. The first-order valence-electron chi connectivity index (χ1n) is 9.76. The van der Waals surface area contributed by atoms with E-state index in [2.05, 4.69) is 33.1 Å². The second kappa shape index (κ2) is 11.7. The minimum absolute atomic E-state index is 0.131. The van der Waals surface area contributed by atoms with E-state index in [-0.39, 0.29) is 5.91 Å². The number of amides is 1. The standard InChI is InChI=1S/C23H26N4O2S/c1-24-23(25-12-14-30-21-10-3-2-4-11-21)27-16-18-7-5-8-19(15-18)22(28)26-17-20-9-6-13-29-20/h2-11,13,15H,12,14,16-17H2,1H3,(H,26,28)(H2,24,25,27). The first-order valence-corrected chi connectivity index (χ1v) is 10.7. The van der Waals surface area contributed by atoms with Gasteiger partial charge in [0.2, 0.25) is 0 Å². The van der Waals surface area contributed by atoms with Crippen molar-refractivity contribution in [2.24, 2.45) is 4.99 Å². The minimum Gasteiger partial charge on any atom is -0.467 e. The van der Waals surface area contributed by atoms with Crippen LogP contribution >= 0.6 is 11.8 Å². The molecule has 0 radical (unpaired) electrons. The first-order chi connectivity index (χ1) is 14.7. The third kappa shape index (κ3) is 7.00. The summed E-state index contributed by atoms with van der Waals surface area (Å²) in [4.78, 5) is 17.9. The van der Waals surface area contributed by atoms with Gasteiger partial charge >= 0.3 is 0 Å². The highest BCUT2D eigenvalue weighted by molar-refractivity contribution is 7.99. The molecule has 0 bridgehead atoms. The molecule has 156 valence electrons. The lowest BCUT2D eigenvalue weighted by Gasteiger charge is -2.12. The summed E-state index contributed by atoms with van der Waals surface area (Å²) in [7, 11) is 1.75. The maximum Gasteiger partial charge on any atom is 0.251 e. The molecule has 0 saturated heterocycles. The maximum atomic E-state index is 12.4. The molecule has 30 heavy (non-hydrogen) atoms. The van der Waals surface area contributed by atoms with Gasteiger partial charge in [-0.3, -0.25) is 9.79 Å². The Morgan fingerprint density at radius 1 is 0.967 bits per heavy atom. The Hall–Kier alpha value is -3.19. The summed E-state index contributed by atoms with van der Waals surface area (Å²) in [6.07, 6.45) is 1.59. The summed E-state index contributed by atoms with van der Waals surface area (Å²) in [5.41, 5.74) is 1.62. The Balaban J connectivity index is 1.42. The lowest BCUT2D eigenvalue weighted by atomic mass is 10.1. The fourth-order valence-corrected chi connectivity index (χ4v) is 3.56. The van der Waals surface area contributed by atoms with E-state index in [0.717, 1.165) is 29.6 Å². The van der Waals surface area contributed by atoms with Gasteiger partial charge in [0.25, 0.3) is 5.91 Å².